The Morgan fingerprint density at radius 1 is 1.00 bits per heavy atom. The molecule has 2 aromatic rings. The highest BCUT2D eigenvalue weighted by molar-refractivity contribution is 5.83. The zero-order chi connectivity index (χ0) is 14.7. The summed E-state index contributed by atoms with van der Waals surface area (Å²) >= 11 is 0. The molecule has 20 heavy (non-hydrogen) atoms. The number of hydrogen-bond acceptors (Lipinski definition) is 1. The van der Waals surface area contributed by atoms with Gasteiger partial charge in [0.05, 0.1) is 0 Å². The van der Waals surface area contributed by atoms with Gasteiger partial charge in [-0.05, 0) is 42.2 Å². The standard InChI is InChI=1S/C17H16F2O/c1-11-4-3-5-12(2)16(11)10-15(20)8-13-6-7-14(18)9-17(13)19/h3-7,9H,8,10H2,1-2H3. The monoisotopic (exact) mass is 274 g/mol. The van der Waals surface area contributed by atoms with E-state index in [4.69, 9.17) is 0 Å². The summed E-state index contributed by atoms with van der Waals surface area (Å²) in [5.41, 5.74) is 3.33. The van der Waals surface area contributed by atoms with Crippen molar-refractivity contribution in [2.45, 2.75) is 26.7 Å². The fourth-order valence-electron chi connectivity index (χ4n) is 2.26. The van der Waals surface area contributed by atoms with E-state index < -0.39 is 11.6 Å². The molecule has 0 aromatic heterocycles. The SMILES string of the molecule is Cc1cccc(C)c1CC(=O)Cc1ccc(F)cc1F. The smallest absolute Gasteiger partial charge is 0.141 e. The topological polar surface area (TPSA) is 17.1 Å². The summed E-state index contributed by atoms with van der Waals surface area (Å²) in [6.07, 6.45) is 0.259. The van der Waals surface area contributed by atoms with Crippen molar-refractivity contribution in [2.24, 2.45) is 0 Å². The maximum atomic E-state index is 13.5. The molecule has 0 N–H and O–H groups in total. The molecule has 0 amide bonds. The Kier molecular flexibility index (Phi) is 4.28. The van der Waals surface area contributed by atoms with Gasteiger partial charge < -0.3 is 0 Å². The molecule has 0 fully saturated rings. The van der Waals surface area contributed by atoms with E-state index in [1.54, 1.807) is 0 Å². The van der Waals surface area contributed by atoms with E-state index >= 15 is 0 Å². The largest absolute Gasteiger partial charge is 0.299 e. The van der Waals surface area contributed by atoms with Gasteiger partial charge in [-0.3, -0.25) is 4.79 Å². The third-order valence-electron chi connectivity index (χ3n) is 3.42. The number of carbonyl (C=O) groups excluding carboxylic acids is 1. The van der Waals surface area contributed by atoms with E-state index in [0.717, 1.165) is 22.8 Å². The van der Waals surface area contributed by atoms with Gasteiger partial charge in [0.2, 0.25) is 0 Å². The van der Waals surface area contributed by atoms with Gasteiger partial charge in [0.25, 0.3) is 0 Å². The van der Waals surface area contributed by atoms with Crippen LogP contribution < -0.4 is 0 Å². The second-order valence-electron chi connectivity index (χ2n) is 5.00. The summed E-state index contributed by atoms with van der Waals surface area (Å²) in [5.74, 6) is -1.37. The van der Waals surface area contributed by atoms with Crippen molar-refractivity contribution in [3.8, 4) is 0 Å². The summed E-state index contributed by atoms with van der Waals surface area (Å²) in [5, 5.41) is 0. The lowest BCUT2D eigenvalue weighted by Gasteiger charge is -2.09. The Bertz CT molecular complexity index is 627. The van der Waals surface area contributed by atoms with Gasteiger partial charge in [0.1, 0.15) is 17.4 Å². The Labute approximate surface area is 117 Å². The molecule has 0 radical (unpaired) electrons. The molecule has 0 aliphatic carbocycles. The summed E-state index contributed by atoms with van der Waals surface area (Å²) in [6.45, 7) is 3.90. The maximum absolute atomic E-state index is 13.5. The van der Waals surface area contributed by atoms with E-state index in [1.165, 1.54) is 12.1 Å². The molecule has 0 heterocycles. The Hall–Kier alpha value is -2.03. The summed E-state index contributed by atoms with van der Waals surface area (Å²) in [7, 11) is 0. The number of hydrogen-bond donors (Lipinski definition) is 0. The predicted octanol–water partition coefficient (Wildman–Crippen LogP) is 3.94. The molecule has 1 nitrogen and oxygen atoms in total. The van der Waals surface area contributed by atoms with E-state index in [9.17, 15) is 13.6 Å². The summed E-state index contributed by atoms with van der Waals surface area (Å²) in [4.78, 5) is 12.1. The first-order valence-corrected chi connectivity index (χ1v) is 6.48. The van der Waals surface area contributed by atoms with E-state index in [2.05, 4.69) is 0 Å². The molecule has 0 saturated heterocycles. The lowest BCUT2D eigenvalue weighted by molar-refractivity contribution is -0.117. The Morgan fingerprint density at radius 2 is 1.65 bits per heavy atom. The van der Waals surface area contributed by atoms with Crippen molar-refractivity contribution in [1.82, 2.24) is 0 Å². The van der Waals surface area contributed by atoms with Crippen molar-refractivity contribution in [2.75, 3.05) is 0 Å². The third kappa shape index (κ3) is 3.29. The molecule has 0 saturated carbocycles. The van der Waals surface area contributed by atoms with Gasteiger partial charge in [-0.15, -0.1) is 0 Å². The molecule has 0 spiro atoms. The van der Waals surface area contributed by atoms with Crippen molar-refractivity contribution in [3.05, 3.63) is 70.3 Å². The molecule has 0 bridgehead atoms. The van der Waals surface area contributed by atoms with Crippen LogP contribution >= 0.6 is 0 Å². The maximum Gasteiger partial charge on any atom is 0.141 e. The number of benzene rings is 2. The first-order chi connectivity index (χ1) is 9.47. The molecule has 2 aromatic carbocycles. The van der Waals surface area contributed by atoms with Gasteiger partial charge >= 0.3 is 0 Å². The molecule has 2 rings (SSSR count). The molecule has 0 unspecified atom stereocenters. The second-order valence-corrected chi connectivity index (χ2v) is 5.00. The van der Waals surface area contributed by atoms with Gasteiger partial charge in [-0.2, -0.15) is 0 Å². The zero-order valence-electron chi connectivity index (χ0n) is 11.5. The Morgan fingerprint density at radius 3 is 2.25 bits per heavy atom. The second kappa shape index (κ2) is 5.95. The van der Waals surface area contributed by atoms with Crippen LogP contribution in [0, 0.1) is 25.5 Å². The van der Waals surface area contributed by atoms with Crippen LogP contribution in [-0.4, -0.2) is 5.78 Å². The minimum atomic E-state index is -0.667. The quantitative estimate of drug-likeness (QED) is 0.825. The minimum Gasteiger partial charge on any atom is -0.299 e. The van der Waals surface area contributed by atoms with Gasteiger partial charge in [-0.25, -0.2) is 8.78 Å². The minimum absolute atomic E-state index is 0.0140. The number of halogens is 2. The van der Waals surface area contributed by atoms with Crippen molar-refractivity contribution < 1.29 is 13.6 Å². The lowest BCUT2D eigenvalue weighted by Crippen LogP contribution is -2.10. The molecule has 104 valence electrons. The van der Waals surface area contributed by atoms with Gasteiger partial charge in [0, 0.05) is 18.9 Å². The number of aryl methyl sites for hydroxylation is 2. The van der Waals surface area contributed by atoms with Crippen LogP contribution in [0.5, 0.6) is 0 Å². The zero-order valence-corrected chi connectivity index (χ0v) is 11.5. The predicted molar refractivity (Wildman–Crippen MR) is 74.7 cm³/mol. The van der Waals surface area contributed by atoms with Gasteiger partial charge in [-0.1, -0.05) is 24.3 Å². The molecular formula is C17H16F2O. The lowest BCUT2D eigenvalue weighted by atomic mass is 9.95. The Balaban J connectivity index is 2.13. The van der Waals surface area contributed by atoms with E-state index in [0.29, 0.717) is 0 Å². The van der Waals surface area contributed by atoms with Crippen LogP contribution in [-0.2, 0) is 17.6 Å². The normalized spacial score (nSPS) is 10.6. The van der Waals surface area contributed by atoms with Crippen LogP contribution in [0.3, 0.4) is 0 Å². The van der Waals surface area contributed by atoms with Crippen molar-refractivity contribution >= 4 is 5.78 Å². The first kappa shape index (κ1) is 14.4. The number of rotatable bonds is 4. The number of Topliss-reactive ketones (excluding diaryl/α,β-unsaturated/α-hetero) is 1. The highest BCUT2D eigenvalue weighted by Crippen LogP contribution is 2.16. The van der Waals surface area contributed by atoms with E-state index in [-0.39, 0.29) is 24.2 Å². The molecular weight excluding hydrogens is 258 g/mol. The molecule has 0 aliphatic rings. The molecule has 0 atom stereocenters. The first-order valence-electron chi connectivity index (χ1n) is 6.48. The average molecular weight is 274 g/mol. The highest BCUT2D eigenvalue weighted by Gasteiger charge is 2.12. The van der Waals surface area contributed by atoms with E-state index in [1.807, 2.05) is 32.0 Å². The van der Waals surface area contributed by atoms with Crippen molar-refractivity contribution in [1.29, 1.82) is 0 Å². The van der Waals surface area contributed by atoms with Gasteiger partial charge in [0.15, 0.2) is 0 Å². The number of carbonyl (C=O) groups is 1. The summed E-state index contributed by atoms with van der Waals surface area (Å²) in [6, 6.07) is 9.15. The summed E-state index contributed by atoms with van der Waals surface area (Å²) < 4.78 is 26.3. The number of ketones is 1. The van der Waals surface area contributed by atoms with Crippen LogP contribution in [0.4, 0.5) is 8.78 Å². The van der Waals surface area contributed by atoms with Crippen molar-refractivity contribution in [3.63, 3.8) is 0 Å². The highest BCUT2D eigenvalue weighted by atomic mass is 19.1. The average Bonchev–Trinajstić information content (AvgIpc) is 2.37. The molecule has 0 aliphatic heterocycles. The fourth-order valence-corrected chi connectivity index (χ4v) is 2.26. The van der Waals surface area contributed by atoms with Crippen LogP contribution in [0.1, 0.15) is 22.3 Å². The fraction of sp³-hybridized carbons (Fsp3) is 0.235. The van der Waals surface area contributed by atoms with Crippen LogP contribution in [0.25, 0.3) is 0 Å². The third-order valence-corrected chi connectivity index (χ3v) is 3.42. The van der Waals surface area contributed by atoms with Crippen LogP contribution in [0.15, 0.2) is 36.4 Å². The molecule has 3 heteroatoms. The van der Waals surface area contributed by atoms with Crippen LogP contribution in [0.2, 0.25) is 0 Å².